The molecule has 1 atom stereocenters. The summed E-state index contributed by atoms with van der Waals surface area (Å²) in [6.45, 7) is 3.37. The molecule has 0 aromatic heterocycles. The largest absolute Gasteiger partial charge is 0.315 e. The van der Waals surface area contributed by atoms with Crippen LogP contribution in [-0.2, 0) is 0 Å². The monoisotopic (exact) mass is 308 g/mol. The SMILES string of the molecule is Cc1ccccc1C(=O)N(C(=O)c1ccccc1)C1CCNC1. The van der Waals surface area contributed by atoms with Crippen molar-refractivity contribution >= 4 is 11.8 Å². The average Bonchev–Trinajstić information content (AvgIpc) is 3.10. The third kappa shape index (κ3) is 3.17. The van der Waals surface area contributed by atoms with Gasteiger partial charge in [-0.05, 0) is 43.7 Å². The molecule has 1 unspecified atom stereocenters. The van der Waals surface area contributed by atoms with E-state index in [1.807, 2.05) is 43.3 Å². The van der Waals surface area contributed by atoms with Crippen LogP contribution in [0.2, 0.25) is 0 Å². The molecule has 0 spiro atoms. The van der Waals surface area contributed by atoms with E-state index in [9.17, 15) is 9.59 Å². The van der Waals surface area contributed by atoms with Gasteiger partial charge in [-0.1, -0.05) is 36.4 Å². The van der Waals surface area contributed by atoms with Crippen molar-refractivity contribution in [3.8, 4) is 0 Å². The maximum atomic E-state index is 13.0. The van der Waals surface area contributed by atoms with Crippen molar-refractivity contribution in [2.24, 2.45) is 0 Å². The summed E-state index contributed by atoms with van der Waals surface area (Å²) < 4.78 is 0. The molecular formula is C19H20N2O2. The third-order valence-corrected chi connectivity index (χ3v) is 4.23. The van der Waals surface area contributed by atoms with Gasteiger partial charge in [0.05, 0.1) is 6.04 Å². The zero-order chi connectivity index (χ0) is 16.2. The van der Waals surface area contributed by atoms with Gasteiger partial charge in [-0.25, -0.2) is 0 Å². The van der Waals surface area contributed by atoms with Gasteiger partial charge in [0.25, 0.3) is 11.8 Å². The van der Waals surface area contributed by atoms with Crippen molar-refractivity contribution in [2.75, 3.05) is 13.1 Å². The minimum absolute atomic E-state index is 0.102. The van der Waals surface area contributed by atoms with E-state index in [4.69, 9.17) is 0 Å². The predicted molar refractivity (Wildman–Crippen MR) is 89.4 cm³/mol. The predicted octanol–water partition coefficient (Wildman–Crippen LogP) is 2.64. The summed E-state index contributed by atoms with van der Waals surface area (Å²) in [6, 6.07) is 16.3. The summed E-state index contributed by atoms with van der Waals surface area (Å²) in [6.07, 6.45) is 0.788. The molecule has 2 aromatic rings. The van der Waals surface area contributed by atoms with Crippen molar-refractivity contribution in [3.63, 3.8) is 0 Å². The van der Waals surface area contributed by atoms with E-state index in [1.54, 1.807) is 18.2 Å². The number of hydrogen-bond donors (Lipinski definition) is 1. The molecule has 1 N–H and O–H groups in total. The zero-order valence-corrected chi connectivity index (χ0v) is 13.2. The Morgan fingerprint density at radius 1 is 1.00 bits per heavy atom. The number of hydrogen-bond acceptors (Lipinski definition) is 3. The number of nitrogens with zero attached hydrogens (tertiary/aromatic N) is 1. The van der Waals surface area contributed by atoms with Gasteiger partial charge in [0.1, 0.15) is 0 Å². The molecule has 2 amide bonds. The van der Waals surface area contributed by atoms with Gasteiger partial charge in [-0.2, -0.15) is 0 Å². The van der Waals surface area contributed by atoms with Crippen LogP contribution in [0.15, 0.2) is 54.6 Å². The Morgan fingerprint density at radius 2 is 1.70 bits per heavy atom. The number of aryl methyl sites for hydroxylation is 1. The van der Waals surface area contributed by atoms with Crippen molar-refractivity contribution in [1.82, 2.24) is 10.2 Å². The van der Waals surface area contributed by atoms with E-state index in [0.717, 1.165) is 18.5 Å². The van der Waals surface area contributed by atoms with Crippen LogP contribution in [0.1, 0.15) is 32.7 Å². The van der Waals surface area contributed by atoms with Crippen molar-refractivity contribution < 1.29 is 9.59 Å². The zero-order valence-electron chi connectivity index (χ0n) is 13.2. The first-order valence-electron chi connectivity index (χ1n) is 7.88. The molecule has 3 rings (SSSR count). The van der Waals surface area contributed by atoms with E-state index >= 15 is 0 Å². The fraction of sp³-hybridized carbons (Fsp3) is 0.263. The smallest absolute Gasteiger partial charge is 0.261 e. The van der Waals surface area contributed by atoms with Gasteiger partial charge < -0.3 is 5.32 Å². The standard InChI is InChI=1S/C19H20N2O2/c1-14-7-5-6-10-17(14)19(23)21(16-11-12-20-13-16)18(22)15-8-3-2-4-9-15/h2-10,16,20H,11-13H2,1H3. The van der Waals surface area contributed by atoms with Gasteiger partial charge in [-0.15, -0.1) is 0 Å². The second kappa shape index (κ2) is 6.75. The van der Waals surface area contributed by atoms with E-state index in [1.165, 1.54) is 4.90 Å². The first kappa shape index (κ1) is 15.4. The molecule has 118 valence electrons. The average molecular weight is 308 g/mol. The lowest BCUT2D eigenvalue weighted by Crippen LogP contribution is -2.46. The van der Waals surface area contributed by atoms with Crippen LogP contribution < -0.4 is 5.32 Å². The number of nitrogens with one attached hydrogen (secondary N) is 1. The van der Waals surface area contributed by atoms with Crippen LogP contribution in [0.3, 0.4) is 0 Å². The van der Waals surface area contributed by atoms with Crippen molar-refractivity contribution in [2.45, 2.75) is 19.4 Å². The highest BCUT2D eigenvalue weighted by atomic mass is 16.2. The van der Waals surface area contributed by atoms with E-state index in [2.05, 4.69) is 5.32 Å². The number of benzene rings is 2. The summed E-state index contributed by atoms with van der Waals surface area (Å²) in [5.41, 5.74) is 2.01. The Bertz CT molecular complexity index is 706. The maximum Gasteiger partial charge on any atom is 0.261 e. The summed E-state index contributed by atoms with van der Waals surface area (Å²) in [5, 5.41) is 3.23. The van der Waals surface area contributed by atoms with Crippen LogP contribution >= 0.6 is 0 Å². The first-order valence-corrected chi connectivity index (χ1v) is 7.88. The molecule has 23 heavy (non-hydrogen) atoms. The molecule has 0 aliphatic carbocycles. The van der Waals surface area contributed by atoms with Crippen molar-refractivity contribution in [1.29, 1.82) is 0 Å². The molecule has 1 heterocycles. The third-order valence-electron chi connectivity index (χ3n) is 4.23. The Kier molecular flexibility index (Phi) is 4.53. The van der Waals surface area contributed by atoms with E-state index in [-0.39, 0.29) is 17.9 Å². The summed E-state index contributed by atoms with van der Waals surface area (Å²) in [7, 11) is 0. The minimum atomic E-state index is -0.229. The number of imide groups is 1. The molecule has 1 saturated heterocycles. The summed E-state index contributed by atoms with van der Waals surface area (Å²) in [5.74, 6) is -0.446. The molecule has 1 aliphatic rings. The normalized spacial score (nSPS) is 17.0. The maximum absolute atomic E-state index is 13.0. The van der Waals surface area contributed by atoms with Crippen LogP contribution in [-0.4, -0.2) is 35.8 Å². The second-order valence-corrected chi connectivity index (χ2v) is 5.81. The fourth-order valence-corrected chi connectivity index (χ4v) is 2.95. The summed E-state index contributed by atoms with van der Waals surface area (Å²) in [4.78, 5) is 27.4. The number of carbonyl (C=O) groups excluding carboxylic acids is 2. The van der Waals surface area contributed by atoms with Crippen LogP contribution in [0.25, 0.3) is 0 Å². The molecule has 0 radical (unpaired) electrons. The molecule has 4 heteroatoms. The Morgan fingerprint density at radius 3 is 2.35 bits per heavy atom. The van der Waals surface area contributed by atoms with Gasteiger partial charge in [-0.3, -0.25) is 14.5 Å². The molecule has 0 saturated carbocycles. The van der Waals surface area contributed by atoms with Gasteiger partial charge >= 0.3 is 0 Å². The molecule has 1 fully saturated rings. The van der Waals surface area contributed by atoms with Gasteiger partial charge in [0.15, 0.2) is 0 Å². The van der Waals surface area contributed by atoms with Crippen LogP contribution in [0, 0.1) is 6.92 Å². The fourth-order valence-electron chi connectivity index (χ4n) is 2.95. The molecule has 1 aliphatic heterocycles. The second-order valence-electron chi connectivity index (χ2n) is 5.81. The Balaban J connectivity index is 1.97. The number of amides is 2. The molecule has 4 nitrogen and oxygen atoms in total. The topological polar surface area (TPSA) is 49.4 Å². The van der Waals surface area contributed by atoms with E-state index < -0.39 is 0 Å². The van der Waals surface area contributed by atoms with Crippen LogP contribution in [0.5, 0.6) is 0 Å². The highest BCUT2D eigenvalue weighted by molar-refractivity contribution is 6.11. The Hall–Kier alpha value is -2.46. The highest BCUT2D eigenvalue weighted by Crippen LogP contribution is 2.19. The minimum Gasteiger partial charge on any atom is -0.315 e. The van der Waals surface area contributed by atoms with Gasteiger partial charge in [0.2, 0.25) is 0 Å². The lowest BCUT2D eigenvalue weighted by atomic mass is 10.0. The van der Waals surface area contributed by atoms with Crippen molar-refractivity contribution in [3.05, 3.63) is 71.3 Å². The summed E-state index contributed by atoms with van der Waals surface area (Å²) >= 11 is 0. The first-order chi connectivity index (χ1) is 11.2. The molecular weight excluding hydrogens is 288 g/mol. The highest BCUT2D eigenvalue weighted by Gasteiger charge is 2.33. The van der Waals surface area contributed by atoms with Crippen LogP contribution in [0.4, 0.5) is 0 Å². The Labute approximate surface area is 136 Å². The quantitative estimate of drug-likeness (QED) is 0.887. The van der Waals surface area contributed by atoms with Gasteiger partial charge in [0, 0.05) is 17.7 Å². The number of rotatable bonds is 3. The van der Waals surface area contributed by atoms with E-state index in [0.29, 0.717) is 17.7 Å². The lowest BCUT2D eigenvalue weighted by molar-refractivity contribution is 0.0557. The lowest BCUT2D eigenvalue weighted by Gasteiger charge is -2.27. The molecule has 0 bridgehead atoms. The molecule has 2 aromatic carbocycles. The number of carbonyl (C=O) groups is 2.